The molecule has 0 radical (unpaired) electrons. The molecule has 0 aliphatic rings. The van der Waals surface area contributed by atoms with Gasteiger partial charge in [0.1, 0.15) is 17.6 Å². The Morgan fingerprint density at radius 2 is 0.942 bits per heavy atom. The molecule has 0 heterocycles. The van der Waals surface area contributed by atoms with Crippen molar-refractivity contribution in [1.82, 2.24) is 4.90 Å². The molecule has 0 unspecified atom stereocenters. The summed E-state index contributed by atoms with van der Waals surface area (Å²) in [6.45, 7) is 7.50. The minimum Gasteiger partial charge on any atom is -0.462 e. The zero-order valence-electron chi connectivity index (χ0n) is 33.3. The molecule has 0 aromatic heterocycles. The molecule has 0 saturated heterocycles. The number of allylic oxidation sites excluding steroid dienone is 4. The molecule has 0 aliphatic heterocycles. The van der Waals surface area contributed by atoms with Crippen molar-refractivity contribution in [3.63, 3.8) is 0 Å². The zero-order valence-corrected chi connectivity index (χ0v) is 33.3. The fraction of sp³-hybridized carbons (Fsp3) is 0.829. The van der Waals surface area contributed by atoms with Gasteiger partial charge in [-0.15, -0.1) is 0 Å². The normalized spacial score (nSPS) is 13.4. The summed E-state index contributed by atoms with van der Waals surface area (Å²) in [6, 6.07) is 0. The lowest BCUT2D eigenvalue weighted by Crippen LogP contribution is -2.20. The molecule has 0 amide bonds. The number of nitrogens with zero attached hydrogens (tertiary/aromatic N) is 1. The van der Waals surface area contributed by atoms with Crippen LogP contribution in [0.15, 0.2) is 23.7 Å². The Labute approximate surface area is 312 Å². The predicted octanol–water partition coefficient (Wildman–Crippen LogP) is 12.0. The highest BCUT2D eigenvalue weighted by Crippen LogP contribution is 2.27. The van der Waals surface area contributed by atoms with Gasteiger partial charge in [-0.25, -0.2) is 17.6 Å². The monoisotopic (exact) mass is 750 g/mol. The largest absolute Gasteiger partial charge is 0.462 e. The molecule has 11 heteroatoms. The van der Waals surface area contributed by atoms with Gasteiger partial charge in [-0.2, -0.15) is 0 Å². The van der Waals surface area contributed by atoms with Gasteiger partial charge >= 0.3 is 17.9 Å². The number of alkyl halides is 4. The molecule has 0 rings (SSSR count). The minimum absolute atomic E-state index is 0.0583. The number of carbonyl (C=O) groups excluding carboxylic acids is 3. The van der Waals surface area contributed by atoms with Gasteiger partial charge in [-0.05, 0) is 92.3 Å². The van der Waals surface area contributed by atoms with Crippen LogP contribution in [-0.2, 0) is 28.6 Å². The number of ether oxygens (including phenoxy) is 3. The summed E-state index contributed by atoms with van der Waals surface area (Å²) in [6.07, 6.45) is 16.1. The Hall–Kier alpha value is -2.43. The van der Waals surface area contributed by atoms with Gasteiger partial charge in [0.25, 0.3) is 11.8 Å². The first kappa shape index (κ1) is 49.6. The molecule has 0 atom stereocenters. The van der Waals surface area contributed by atoms with E-state index >= 15 is 0 Å². The molecule has 304 valence electrons. The highest BCUT2D eigenvalue weighted by molar-refractivity contribution is 5.71. The van der Waals surface area contributed by atoms with Gasteiger partial charge in [0.05, 0.1) is 0 Å². The van der Waals surface area contributed by atoms with Crippen LogP contribution < -0.4 is 0 Å². The zero-order chi connectivity index (χ0) is 39.3. The van der Waals surface area contributed by atoms with Crippen LogP contribution in [0.2, 0.25) is 0 Å². The second kappa shape index (κ2) is 30.0. The fourth-order valence-corrected chi connectivity index (χ4v) is 5.87. The van der Waals surface area contributed by atoms with Gasteiger partial charge < -0.3 is 19.1 Å². The molecule has 0 aromatic rings. The molecular weight excluding hydrogens is 678 g/mol. The summed E-state index contributed by atoms with van der Waals surface area (Å²) in [5.41, 5.74) is 0. The van der Waals surface area contributed by atoms with Gasteiger partial charge in [0.2, 0.25) is 0 Å². The maximum atomic E-state index is 14.0. The fourth-order valence-electron chi connectivity index (χ4n) is 5.87. The third-order valence-corrected chi connectivity index (χ3v) is 8.70. The van der Waals surface area contributed by atoms with Crippen LogP contribution in [0, 0.1) is 0 Å². The number of unbranched alkanes of at least 4 members (excludes halogenated alkanes) is 12. The van der Waals surface area contributed by atoms with E-state index in [-0.39, 0.29) is 49.3 Å². The number of rotatable bonds is 33. The molecule has 7 nitrogen and oxygen atoms in total. The minimum atomic E-state index is -2.98. The molecule has 0 saturated carbocycles. The van der Waals surface area contributed by atoms with Crippen molar-refractivity contribution in [3.05, 3.63) is 23.7 Å². The molecule has 0 N–H and O–H groups in total. The van der Waals surface area contributed by atoms with E-state index in [1.54, 1.807) is 0 Å². The SMILES string of the molecule is CCCCCC(F)(F)/C=C(\C)OC(=O)CCCCCCCC(CCCCCCCC(=O)O/C(C)=C/C(F)(F)CCCCC)OC(=O)CCCN(C)C. The standard InChI is InChI=1S/C41H71F4NO6/c1-7-9-21-29-40(42,43)32-34(3)50-37(47)26-19-15-11-13-17-24-36(52-39(49)28-23-31-46(5)6)25-18-14-12-16-20-27-38(48)51-35(4)33-41(44,45)30-22-10-8-2/h32-33,36H,7-31H2,1-6H3/b34-32+,35-33+. The van der Waals surface area contributed by atoms with Crippen molar-refractivity contribution in [2.75, 3.05) is 20.6 Å². The van der Waals surface area contributed by atoms with E-state index in [9.17, 15) is 31.9 Å². The number of hydrogen-bond acceptors (Lipinski definition) is 7. The average Bonchev–Trinajstić information content (AvgIpc) is 3.02. The van der Waals surface area contributed by atoms with Crippen LogP contribution in [0.1, 0.15) is 182 Å². The predicted molar refractivity (Wildman–Crippen MR) is 200 cm³/mol. The summed E-state index contributed by atoms with van der Waals surface area (Å²) >= 11 is 0. The number of halogens is 4. The van der Waals surface area contributed by atoms with E-state index in [1.807, 2.05) is 32.8 Å². The van der Waals surface area contributed by atoms with Crippen LogP contribution in [0.25, 0.3) is 0 Å². The van der Waals surface area contributed by atoms with E-state index in [1.165, 1.54) is 13.8 Å². The van der Waals surface area contributed by atoms with Gasteiger partial charge in [0.15, 0.2) is 0 Å². The first-order chi connectivity index (χ1) is 24.6. The molecule has 52 heavy (non-hydrogen) atoms. The Morgan fingerprint density at radius 1 is 0.558 bits per heavy atom. The lowest BCUT2D eigenvalue weighted by molar-refractivity contribution is -0.150. The lowest BCUT2D eigenvalue weighted by atomic mass is 10.0. The first-order valence-corrected chi connectivity index (χ1v) is 20.0. The Bertz CT molecular complexity index is 965. The van der Waals surface area contributed by atoms with Gasteiger partial charge in [-0.3, -0.25) is 14.4 Å². The third kappa shape index (κ3) is 31.1. The average molecular weight is 750 g/mol. The quantitative estimate of drug-likeness (QED) is 0.0217. The van der Waals surface area contributed by atoms with Crippen LogP contribution in [0.4, 0.5) is 17.6 Å². The molecule has 0 fully saturated rings. The smallest absolute Gasteiger partial charge is 0.310 e. The summed E-state index contributed by atoms with van der Waals surface area (Å²) < 4.78 is 72.1. The van der Waals surface area contributed by atoms with E-state index in [2.05, 4.69) is 0 Å². The van der Waals surface area contributed by atoms with Gasteiger partial charge in [-0.1, -0.05) is 78.1 Å². The van der Waals surface area contributed by atoms with Crippen LogP contribution in [0.5, 0.6) is 0 Å². The second-order valence-corrected chi connectivity index (χ2v) is 14.5. The maximum Gasteiger partial charge on any atom is 0.310 e. The molecule has 0 spiro atoms. The van der Waals surface area contributed by atoms with Crippen molar-refractivity contribution in [2.45, 2.75) is 200 Å². The molecule has 0 aromatic carbocycles. The van der Waals surface area contributed by atoms with Crippen LogP contribution >= 0.6 is 0 Å². The second-order valence-electron chi connectivity index (χ2n) is 14.5. The maximum absolute atomic E-state index is 14.0. The van der Waals surface area contributed by atoms with E-state index in [0.29, 0.717) is 32.1 Å². The summed E-state index contributed by atoms with van der Waals surface area (Å²) in [5, 5.41) is 0. The number of esters is 3. The highest BCUT2D eigenvalue weighted by atomic mass is 19.3. The van der Waals surface area contributed by atoms with Gasteiger partial charge in [0, 0.05) is 44.3 Å². The van der Waals surface area contributed by atoms with Crippen LogP contribution in [-0.4, -0.2) is 61.4 Å². The van der Waals surface area contributed by atoms with E-state index < -0.39 is 23.8 Å². The number of hydrogen-bond donors (Lipinski definition) is 0. The first-order valence-electron chi connectivity index (χ1n) is 20.0. The van der Waals surface area contributed by atoms with E-state index in [0.717, 1.165) is 115 Å². The topological polar surface area (TPSA) is 82.1 Å². The Balaban J connectivity index is 4.47. The summed E-state index contributed by atoms with van der Waals surface area (Å²) in [5.74, 6) is -7.25. The number of carbonyl (C=O) groups is 3. The molecule has 0 aliphatic carbocycles. The third-order valence-electron chi connectivity index (χ3n) is 8.70. The molecular formula is C41H71F4NO6. The van der Waals surface area contributed by atoms with Crippen molar-refractivity contribution in [3.8, 4) is 0 Å². The highest BCUT2D eigenvalue weighted by Gasteiger charge is 2.27. The van der Waals surface area contributed by atoms with Crippen molar-refractivity contribution >= 4 is 17.9 Å². The Kier molecular flexibility index (Phi) is 28.6. The van der Waals surface area contributed by atoms with Crippen molar-refractivity contribution in [1.29, 1.82) is 0 Å². The lowest BCUT2D eigenvalue weighted by Gasteiger charge is -2.18. The summed E-state index contributed by atoms with van der Waals surface area (Å²) in [4.78, 5) is 38.8. The van der Waals surface area contributed by atoms with Crippen molar-refractivity contribution in [2.24, 2.45) is 0 Å². The van der Waals surface area contributed by atoms with Crippen molar-refractivity contribution < 1.29 is 46.2 Å². The molecule has 0 bridgehead atoms. The van der Waals surface area contributed by atoms with Crippen LogP contribution in [0.3, 0.4) is 0 Å². The van der Waals surface area contributed by atoms with E-state index in [4.69, 9.17) is 14.2 Å². The summed E-state index contributed by atoms with van der Waals surface area (Å²) in [7, 11) is 3.93. The Morgan fingerprint density at radius 3 is 1.35 bits per heavy atom.